The summed E-state index contributed by atoms with van der Waals surface area (Å²) in [5.74, 6) is -3.87. The Bertz CT molecular complexity index is 601. The van der Waals surface area contributed by atoms with E-state index < -0.39 is 23.5 Å². The van der Waals surface area contributed by atoms with Crippen LogP contribution in [0.4, 0.5) is 13.2 Å². The standard InChI is InChI=1S/C14H11ClF3N/c1-19-14(8-3-2-4-9(15)7-8)10-5-6-11(16)13(18)12(10)17/h2-7,14,19H,1H3. The van der Waals surface area contributed by atoms with Gasteiger partial charge in [-0.1, -0.05) is 29.8 Å². The molecule has 100 valence electrons. The fourth-order valence-corrected chi connectivity index (χ4v) is 2.15. The minimum Gasteiger partial charge on any atom is -0.309 e. The molecular formula is C14H11ClF3N. The minimum atomic E-state index is -1.47. The molecule has 0 bridgehead atoms. The highest BCUT2D eigenvalue weighted by molar-refractivity contribution is 6.30. The minimum absolute atomic E-state index is 0.0312. The molecule has 0 aromatic heterocycles. The molecule has 0 saturated heterocycles. The molecule has 0 amide bonds. The first-order valence-electron chi connectivity index (χ1n) is 5.60. The highest BCUT2D eigenvalue weighted by Crippen LogP contribution is 2.27. The second-order valence-corrected chi connectivity index (χ2v) is 4.48. The van der Waals surface area contributed by atoms with Crippen LogP contribution in [-0.2, 0) is 0 Å². The third-order valence-corrected chi connectivity index (χ3v) is 3.08. The third-order valence-electron chi connectivity index (χ3n) is 2.85. The van der Waals surface area contributed by atoms with Crippen molar-refractivity contribution < 1.29 is 13.2 Å². The van der Waals surface area contributed by atoms with Crippen molar-refractivity contribution >= 4 is 11.6 Å². The molecule has 0 radical (unpaired) electrons. The van der Waals surface area contributed by atoms with Crippen molar-refractivity contribution in [3.05, 3.63) is 70.0 Å². The Balaban J connectivity index is 2.51. The van der Waals surface area contributed by atoms with Gasteiger partial charge >= 0.3 is 0 Å². The molecule has 0 heterocycles. The third kappa shape index (κ3) is 2.74. The maximum atomic E-state index is 13.8. The highest BCUT2D eigenvalue weighted by Gasteiger charge is 2.21. The fraction of sp³-hybridized carbons (Fsp3) is 0.143. The second-order valence-electron chi connectivity index (χ2n) is 4.04. The van der Waals surface area contributed by atoms with E-state index in [1.807, 2.05) is 0 Å². The van der Waals surface area contributed by atoms with Gasteiger partial charge in [-0.05, 0) is 30.8 Å². The summed E-state index contributed by atoms with van der Waals surface area (Å²) in [6.45, 7) is 0. The molecule has 0 spiro atoms. The second kappa shape index (κ2) is 5.63. The van der Waals surface area contributed by atoms with Crippen LogP contribution in [0.3, 0.4) is 0 Å². The zero-order valence-corrected chi connectivity index (χ0v) is 10.8. The first kappa shape index (κ1) is 13.9. The molecule has 1 atom stereocenters. The predicted molar refractivity (Wildman–Crippen MR) is 68.7 cm³/mol. The number of rotatable bonds is 3. The normalized spacial score (nSPS) is 12.5. The molecule has 0 saturated carbocycles. The van der Waals surface area contributed by atoms with Crippen LogP contribution in [0.1, 0.15) is 17.2 Å². The first-order chi connectivity index (χ1) is 9.04. The maximum absolute atomic E-state index is 13.8. The van der Waals surface area contributed by atoms with E-state index in [1.165, 1.54) is 6.07 Å². The van der Waals surface area contributed by atoms with Crippen molar-refractivity contribution in [1.29, 1.82) is 0 Å². The van der Waals surface area contributed by atoms with E-state index in [0.717, 1.165) is 6.07 Å². The summed E-state index contributed by atoms with van der Waals surface area (Å²) in [6, 6.07) is 8.28. The smallest absolute Gasteiger partial charge is 0.194 e. The van der Waals surface area contributed by atoms with Crippen molar-refractivity contribution in [3.8, 4) is 0 Å². The zero-order valence-electron chi connectivity index (χ0n) is 10.1. The molecule has 5 heteroatoms. The van der Waals surface area contributed by atoms with Gasteiger partial charge in [0.25, 0.3) is 0 Å². The number of hydrogen-bond acceptors (Lipinski definition) is 1. The maximum Gasteiger partial charge on any atom is 0.194 e. The van der Waals surface area contributed by atoms with Gasteiger partial charge in [0.2, 0.25) is 0 Å². The summed E-state index contributed by atoms with van der Waals surface area (Å²) in [7, 11) is 1.60. The molecule has 1 unspecified atom stereocenters. The average Bonchev–Trinajstić information content (AvgIpc) is 2.40. The SMILES string of the molecule is CNC(c1cccc(Cl)c1)c1ccc(F)c(F)c1F. The molecular weight excluding hydrogens is 275 g/mol. The molecule has 2 rings (SSSR count). The van der Waals surface area contributed by atoms with Crippen LogP contribution >= 0.6 is 11.6 Å². The highest BCUT2D eigenvalue weighted by atomic mass is 35.5. The summed E-state index contributed by atoms with van der Waals surface area (Å²) in [6.07, 6.45) is 0. The summed E-state index contributed by atoms with van der Waals surface area (Å²) in [4.78, 5) is 0. The van der Waals surface area contributed by atoms with Crippen molar-refractivity contribution in [2.75, 3.05) is 7.05 Å². The lowest BCUT2D eigenvalue weighted by atomic mass is 9.98. The van der Waals surface area contributed by atoms with Crippen LogP contribution in [0.25, 0.3) is 0 Å². The quantitative estimate of drug-likeness (QED) is 0.839. The average molecular weight is 286 g/mol. The molecule has 0 fully saturated rings. The monoisotopic (exact) mass is 285 g/mol. The van der Waals surface area contributed by atoms with E-state index >= 15 is 0 Å². The Hall–Kier alpha value is -1.52. The molecule has 1 N–H and O–H groups in total. The molecule has 0 aliphatic rings. The zero-order chi connectivity index (χ0) is 14.0. The fourth-order valence-electron chi connectivity index (χ4n) is 1.95. The van der Waals surface area contributed by atoms with Crippen LogP contribution in [0.2, 0.25) is 5.02 Å². The Labute approximate surface area is 114 Å². The molecule has 19 heavy (non-hydrogen) atoms. The van der Waals surface area contributed by atoms with Gasteiger partial charge in [-0.3, -0.25) is 0 Å². The van der Waals surface area contributed by atoms with E-state index in [0.29, 0.717) is 10.6 Å². The van der Waals surface area contributed by atoms with Gasteiger partial charge in [0.05, 0.1) is 6.04 Å². The summed E-state index contributed by atoms with van der Waals surface area (Å²) in [5, 5.41) is 3.35. The van der Waals surface area contributed by atoms with Crippen LogP contribution in [0.15, 0.2) is 36.4 Å². The van der Waals surface area contributed by atoms with Gasteiger partial charge in [0, 0.05) is 10.6 Å². The van der Waals surface area contributed by atoms with Crippen LogP contribution < -0.4 is 5.32 Å². The Morgan fingerprint density at radius 2 is 1.79 bits per heavy atom. The lowest BCUT2D eigenvalue weighted by Crippen LogP contribution is -2.19. The topological polar surface area (TPSA) is 12.0 Å². The van der Waals surface area contributed by atoms with Gasteiger partial charge in [0.15, 0.2) is 17.5 Å². The van der Waals surface area contributed by atoms with Crippen molar-refractivity contribution in [1.82, 2.24) is 5.32 Å². The van der Waals surface area contributed by atoms with Crippen molar-refractivity contribution in [2.24, 2.45) is 0 Å². The van der Waals surface area contributed by atoms with E-state index in [2.05, 4.69) is 5.32 Å². The van der Waals surface area contributed by atoms with Crippen LogP contribution in [0, 0.1) is 17.5 Å². The largest absolute Gasteiger partial charge is 0.309 e. The van der Waals surface area contributed by atoms with Crippen molar-refractivity contribution in [2.45, 2.75) is 6.04 Å². The Kier molecular flexibility index (Phi) is 4.12. The van der Waals surface area contributed by atoms with E-state index in [-0.39, 0.29) is 5.56 Å². The lowest BCUT2D eigenvalue weighted by molar-refractivity contribution is 0.435. The number of benzene rings is 2. The van der Waals surface area contributed by atoms with E-state index in [1.54, 1.807) is 31.3 Å². The van der Waals surface area contributed by atoms with Crippen LogP contribution in [0.5, 0.6) is 0 Å². The van der Waals surface area contributed by atoms with Gasteiger partial charge in [-0.2, -0.15) is 0 Å². The molecule has 2 aromatic carbocycles. The Morgan fingerprint density at radius 1 is 1.05 bits per heavy atom. The van der Waals surface area contributed by atoms with Gasteiger partial charge < -0.3 is 5.32 Å². The predicted octanol–water partition coefficient (Wildman–Crippen LogP) is 4.07. The number of nitrogens with one attached hydrogen (secondary N) is 1. The molecule has 0 aliphatic carbocycles. The first-order valence-corrected chi connectivity index (χ1v) is 5.98. The number of hydrogen-bond donors (Lipinski definition) is 1. The summed E-state index contributed by atoms with van der Waals surface area (Å²) < 4.78 is 40.0. The van der Waals surface area contributed by atoms with Gasteiger partial charge in [0.1, 0.15) is 0 Å². The van der Waals surface area contributed by atoms with Gasteiger partial charge in [-0.25, -0.2) is 13.2 Å². The van der Waals surface area contributed by atoms with Crippen molar-refractivity contribution in [3.63, 3.8) is 0 Å². The summed E-state index contributed by atoms with van der Waals surface area (Å²) in [5.41, 5.74) is 0.698. The van der Waals surface area contributed by atoms with Gasteiger partial charge in [-0.15, -0.1) is 0 Å². The molecule has 1 nitrogen and oxygen atoms in total. The molecule has 0 aliphatic heterocycles. The van der Waals surface area contributed by atoms with E-state index in [4.69, 9.17) is 11.6 Å². The summed E-state index contributed by atoms with van der Waals surface area (Å²) >= 11 is 5.87. The van der Waals surface area contributed by atoms with Crippen LogP contribution in [-0.4, -0.2) is 7.05 Å². The molecule has 2 aromatic rings. The number of halogens is 4. The van der Waals surface area contributed by atoms with E-state index in [9.17, 15) is 13.2 Å². The lowest BCUT2D eigenvalue weighted by Gasteiger charge is -2.18. The Morgan fingerprint density at radius 3 is 2.42 bits per heavy atom.